The van der Waals surface area contributed by atoms with Crippen LogP contribution in [-0.2, 0) is 22.7 Å². The minimum Gasteiger partial charge on any atom is -0.352 e. The van der Waals surface area contributed by atoms with Crippen LogP contribution in [0.2, 0.25) is 0 Å². The van der Waals surface area contributed by atoms with Gasteiger partial charge in [-0.15, -0.1) is 0 Å². The molecule has 0 saturated carbocycles. The van der Waals surface area contributed by atoms with E-state index in [2.05, 4.69) is 33.7 Å². The van der Waals surface area contributed by atoms with E-state index in [-0.39, 0.29) is 24.3 Å². The predicted molar refractivity (Wildman–Crippen MR) is 115 cm³/mol. The summed E-state index contributed by atoms with van der Waals surface area (Å²) in [4.78, 5) is 26.7. The Labute approximate surface area is 173 Å². The summed E-state index contributed by atoms with van der Waals surface area (Å²) in [7, 11) is 0. The molecule has 0 radical (unpaired) electrons. The van der Waals surface area contributed by atoms with Crippen molar-refractivity contribution in [1.29, 1.82) is 0 Å². The summed E-state index contributed by atoms with van der Waals surface area (Å²) in [5.41, 5.74) is 3.36. The predicted octanol–water partition coefficient (Wildman–Crippen LogP) is 3.56. The average molecular weight is 394 g/mol. The zero-order valence-corrected chi connectivity index (χ0v) is 17.2. The van der Waals surface area contributed by atoms with Crippen LogP contribution in [0, 0.1) is 0 Å². The molecule has 2 amide bonds. The van der Waals surface area contributed by atoms with E-state index in [1.807, 2.05) is 36.4 Å². The smallest absolute Gasteiger partial charge is 0.222 e. The molecule has 1 aliphatic rings. The molecule has 3 rings (SSSR count). The third kappa shape index (κ3) is 6.71. The van der Waals surface area contributed by atoms with Crippen molar-refractivity contribution in [1.82, 2.24) is 15.5 Å². The minimum atomic E-state index is -0.322. The number of rotatable bonds is 8. The third-order valence-electron chi connectivity index (χ3n) is 5.41. The number of carbonyl (C=O) groups excluding carboxylic acids is 2. The van der Waals surface area contributed by atoms with E-state index >= 15 is 0 Å². The Morgan fingerprint density at radius 3 is 2.28 bits per heavy atom. The first kappa shape index (κ1) is 21.1. The first-order chi connectivity index (χ1) is 14.1. The van der Waals surface area contributed by atoms with E-state index < -0.39 is 0 Å². The van der Waals surface area contributed by atoms with E-state index in [1.165, 1.54) is 31.7 Å². The molecule has 1 heterocycles. The van der Waals surface area contributed by atoms with Crippen LogP contribution in [0.1, 0.15) is 55.3 Å². The molecule has 0 unspecified atom stereocenters. The molecule has 29 heavy (non-hydrogen) atoms. The summed E-state index contributed by atoms with van der Waals surface area (Å²) >= 11 is 0. The molecule has 1 fully saturated rings. The van der Waals surface area contributed by atoms with Gasteiger partial charge in [0.2, 0.25) is 11.8 Å². The van der Waals surface area contributed by atoms with E-state index in [9.17, 15) is 9.59 Å². The first-order valence-electron chi connectivity index (χ1n) is 10.5. The zero-order valence-electron chi connectivity index (χ0n) is 17.2. The van der Waals surface area contributed by atoms with Gasteiger partial charge in [-0.25, -0.2) is 0 Å². The maximum atomic E-state index is 12.6. The summed E-state index contributed by atoms with van der Waals surface area (Å²) < 4.78 is 0. The van der Waals surface area contributed by atoms with Crippen molar-refractivity contribution in [2.45, 2.75) is 51.7 Å². The van der Waals surface area contributed by atoms with Crippen LogP contribution < -0.4 is 10.6 Å². The molecule has 1 atom stereocenters. The molecule has 0 spiro atoms. The molecule has 1 saturated heterocycles. The zero-order chi connectivity index (χ0) is 20.5. The fourth-order valence-corrected chi connectivity index (χ4v) is 3.88. The number of amides is 2. The maximum Gasteiger partial charge on any atom is 0.222 e. The Kier molecular flexibility index (Phi) is 7.82. The highest BCUT2D eigenvalue weighted by Crippen LogP contribution is 2.18. The van der Waals surface area contributed by atoms with Crippen LogP contribution in [0.15, 0.2) is 54.6 Å². The minimum absolute atomic E-state index is 0.0691. The molecule has 0 aliphatic carbocycles. The van der Waals surface area contributed by atoms with E-state index in [4.69, 9.17) is 0 Å². The van der Waals surface area contributed by atoms with Gasteiger partial charge in [-0.05, 0) is 42.6 Å². The van der Waals surface area contributed by atoms with Crippen molar-refractivity contribution >= 4 is 11.8 Å². The highest BCUT2D eigenvalue weighted by molar-refractivity contribution is 5.79. The molecule has 2 N–H and O–H groups in total. The average Bonchev–Trinajstić information content (AvgIpc) is 2.74. The number of likely N-dealkylation sites (tertiary alicyclic amines) is 1. The van der Waals surface area contributed by atoms with Gasteiger partial charge in [-0.3, -0.25) is 14.5 Å². The van der Waals surface area contributed by atoms with Gasteiger partial charge in [0, 0.05) is 20.0 Å². The molecular weight excluding hydrogens is 362 g/mol. The normalized spacial score (nSPS) is 15.5. The molecule has 154 valence electrons. The largest absolute Gasteiger partial charge is 0.352 e. The fraction of sp³-hybridized carbons (Fsp3) is 0.417. The molecule has 5 heteroatoms. The lowest BCUT2D eigenvalue weighted by molar-refractivity contribution is -0.122. The summed E-state index contributed by atoms with van der Waals surface area (Å²) in [6, 6.07) is 17.6. The van der Waals surface area contributed by atoms with Gasteiger partial charge in [-0.2, -0.15) is 0 Å². The summed E-state index contributed by atoms with van der Waals surface area (Å²) in [6.45, 7) is 5.21. The lowest BCUT2D eigenvalue weighted by Gasteiger charge is -2.27. The highest BCUT2D eigenvalue weighted by Gasteiger charge is 2.17. The Morgan fingerprint density at radius 1 is 0.931 bits per heavy atom. The lowest BCUT2D eigenvalue weighted by Crippen LogP contribution is -2.33. The van der Waals surface area contributed by atoms with Crippen molar-refractivity contribution in [3.8, 4) is 0 Å². The first-order valence-corrected chi connectivity index (χ1v) is 10.5. The second kappa shape index (κ2) is 10.8. The van der Waals surface area contributed by atoms with E-state index in [1.54, 1.807) is 0 Å². The molecule has 2 aromatic rings. The SMILES string of the molecule is CC(=O)N[C@@H](CC(=O)NCc1ccccc1CN1CCCCC1)c1ccccc1. The van der Waals surface area contributed by atoms with Crippen LogP contribution in [0.4, 0.5) is 0 Å². The maximum absolute atomic E-state index is 12.6. The van der Waals surface area contributed by atoms with E-state index in [0.717, 1.165) is 30.8 Å². The summed E-state index contributed by atoms with van der Waals surface area (Å²) in [5, 5.41) is 5.93. The Bertz CT molecular complexity index is 801. The molecular formula is C24H31N3O2. The summed E-state index contributed by atoms with van der Waals surface area (Å²) in [5.74, 6) is -0.209. The molecule has 5 nitrogen and oxygen atoms in total. The van der Waals surface area contributed by atoms with Gasteiger partial charge >= 0.3 is 0 Å². The number of nitrogens with zero attached hydrogens (tertiary/aromatic N) is 1. The number of hydrogen-bond acceptors (Lipinski definition) is 3. The van der Waals surface area contributed by atoms with Gasteiger partial charge in [0.05, 0.1) is 12.5 Å². The molecule has 0 aromatic heterocycles. The quantitative estimate of drug-likeness (QED) is 0.721. The van der Waals surface area contributed by atoms with Crippen LogP contribution >= 0.6 is 0 Å². The molecule has 1 aliphatic heterocycles. The van der Waals surface area contributed by atoms with Crippen molar-refractivity contribution in [3.63, 3.8) is 0 Å². The van der Waals surface area contributed by atoms with Crippen LogP contribution in [0.25, 0.3) is 0 Å². The highest BCUT2D eigenvalue weighted by atomic mass is 16.2. The van der Waals surface area contributed by atoms with Crippen molar-refractivity contribution in [2.75, 3.05) is 13.1 Å². The Morgan fingerprint density at radius 2 is 1.59 bits per heavy atom. The van der Waals surface area contributed by atoms with Crippen molar-refractivity contribution < 1.29 is 9.59 Å². The molecule has 0 bridgehead atoms. The number of hydrogen-bond donors (Lipinski definition) is 2. The Hall–Kier alpha value is -2.66. The van der Waals surface area contributed by atoms with Gasteiger partial charge < -0.3 is 10.6 Å². The van der Waals surface area contributed by atoms with E-state index in [0.29, 0.717) is 6.54 Å². The number of nitrogens with one attached hydrogen (secondary N) is 2. The monoisotopic (exact) mass is 393 g/mol. The summed E-state index contributed by atoms with van der Waals surface area (Å²) in [6.07, 6.45) is 4.08. The third-order valence-corrected chi connectivity index (χ3v) is 5.41. The number of piperidine rings is 1. The second-order valence-corrected chi connectivity index (χ2v) is 7.75. The van der Waals surface area contributed by atoms with Gasteiger partial charge in [0.1, 0.15) is 0 Å². The second-order valence-electron chi connectivity index (χ2n) is 7.75. The Balaban J connectivity index is 1.58. The topological polar surface area (TPSA) is 61.4 Å². The molecule has 2 aromatic carbocycles. The van der Waals surface area contributed by atoms with Crippen LogP contribution in [0.3, 0.4) is 0 Å². The standard InChI is InChI=1S/C24H31N3O2/c1-19(28)26-23(20-10-4-2-5-11-20)16-24(29)25-17-21-12-6-7-13-22(21)18-27-14-8-3-9-15-27/h2,4-7,10-13,23H,3,8-9,14-18H2,1H3,(H,25,29)(H,26,28)/t23-/m0/s1. The number of carbonyl (C=O) groups is 2. The van der Waals surface area contributed by atoms with Crippen LogP contribution in [-0.4, -0.2) is 29.8 Å². The lowest BCUT2D eigenvalue weighted by atomic mass is 10.0. The van der Waals surface area contributed by atoms with Gasteiger partial charge in [0.15, 0.2) is 0 Å². The van der Waals surface area contributed by atoms with Crippen molar-refractivity contribution in [3.05, 3.63) is 71.3 Å². The number of benzene rings is 2. The van der Waals surface area contributed by atoms with Crippen molar-refractivity contribution in [2.24, 2.45) is 0 Å². The van der Waals surface area contributed by atoms with Crippen LogP contribution in [0.5, 0.6) is 0 Å². The fourth-order valence-electron chi connectivity index (χ4n) is 3.88. The van der Waals surface area contributed by atoms with Gasteiger partial charge in [0.25, 0.3) is 0 Å². The van der Waals surface area contributed by atoms with Gasteiger partial charge in [-0.1, -0.05) is 61.0 Å².